The molecule has 0 amide bonds. The highest BCUT2D eigenvalue weighted by atomic mass is 16.7. The summed E-state index contributed by atoms with van der Waals surface area (Å²) in [6.07, 6.45) is 0.202. The molecule has 0 aromatic heterocycles. The fraction of sp³-hybridized carbons (Fsp3) is 0.381. The van der Waals surface area contributed by atoms with Crippen LogP contribution in [0.4, 0.5) is 4.79 Å². The van der Waals surface area contributed by atoms with Crippen LogP contribution >= 0.6 is 0 Å². The summed E-state index contributed by atoms with van der Waals surface area (Å²) in [7, 11) is 0. The van der Waals surface area contributed by atoms with E-state index in [2.05, 4.69) is 29.2 Å². The van der Waals surface area contributed by atoms with Crippen molar-refractivity contribution in [3.05, 3.63) is 59.7 Å². The lowest BCUT2D eigenvalue weighted by Crippen LogP contribution is -2.39. The molecule has 2 atom stereocenters. The molecule has 0 bridgehead atoms. The first kappa shape index (κ1) is 17.7. The van der Waals surface area contributed by atoms with Crippen LogP contribution < -0.4 is 9.47 Å². The lowest BCUT2D eigenvalue weighted by Gasteiger charge is -2.31. The van der Waals surface area contributed by atoms with E-state index in [1.165, 1.54) is 5.56 Å². The van der Waals surface area contributed by atoms with Crippen molar-refractivity contribution in [3.63, 3.8) is 0 Å². The van der Waals surface area contributed by atoms with Gasteiger partial charge in [-0.3, -0.25) is 4.90 Å². The van der Waals surface area contributed by atoms with Gasteiger partial charge < -0.3 is 19.3 Å². The van der Waals surface area contributed by atoms with Crippen LogP contribution in [0, 0.1) is 0 Å². The van der Waals surface area contributed by atoms with Crippen LogP contribution in [0.25, 0.3) is 0 Å². The van der Waals surface area contributed by atoms with Crippen LogP contribution in [0.5, 0.6) is 11.5 Å². The second-order valence-corrected chi connectivity index (χ2v) is 6.99. The van der Waals surface area contributed by atoms with Crippen LogP contribution in [0.15, 0.2) is 48.5 Å². The number of fused-ring (bicyclic) bond motifs is 1. The predicted molar refractivity (Wildman–Crippen MR) is 99.2 cm³/mol. The predicted octanol–water partition coefficient (Wildman–Crippen LogP) is 3.86. The van der Waals surface area contributed by atoms with E-state index < -0.39 is 6.16 Å². The van der Waals surface area contributed by atoms with E-state index in [9.17, 15) is 4.79 Å². The van der Waals surface area contributed by atoms with Crippen LogP contribution in [0.3, 0.4) is 0 Å². The van der Waals surface area contributed by atoms with Crippen LogP contribution in [0.2, 0.25) is 0 Å². The van der Waals surface area contributed by atoms with Crippen LogP contribution in [0.1, 0.15) is 30.1 Å². The number of benzene rings is 2. The summed E-state index contributed by atoms with van der Waals surface area (Å²) in [5, 5.41) is 8.79. The second-order valence-electron chi connectivity index (χ2n) is 6.99. The number of carboxylic acid groups (broad SMARTS) is 1. The highest BCUT2D eigenvalue weighted by Gasteiger charge is 2.24. The zero-order chi connectivity index (χ0) is 18.6. The molecule has 27 heavy (non-hydrogen) atoms. The number of nitrogens with zero attached hydrogens (tertiary/aromatic N) is 1. The average molecular weight is 369 g/mol. The van der Waals surface area contributed by atoms with Gasteiger partial charge >= 0.3 is 6.16 Å². The highest BCUT2D eigenvalue weighted by molar-refractivity contribution is 5.57. The molecule has 2 aliphatic heterocycles. The number of ether oxygens (including phenoxy) is 3. The van der Waals surface area contributed by atoms with Gasteiger partial charge in [0.15, 0.2) is 17.6 Å². The molecule has 0 spiro atoms. The standard InChI is InChI=1S/C21H23NO5/c23-21(24)26-17-4-3-11-22(13-17)12-15-7-9-16(10-8-15)20-14-25-18-5-1-2-6-19(18)27-20/h1-2,5-10,17,20H,3-4,11-14H2,(H,23,24). The third-order valence-corrected chi connectivity index (χ3v) is 5.00. The maximum atomic E-state index is 10.7. The largest absolute Gasteiger partial charge is 0.506 e. The van der Waals surface area contributed by atoms with E-state index >= 15 is 0 Å². The molecule has 4 rings (SSSR count). The molecule has 142 valence electrons. The summed E-state index contributed by atoms with van der Waals surface area (Å²) in [5.74, 6) is 1.56. The van der Waals surface area contributed by atoms with Crippen molar-refractivity contribution in [2.45, 2.75) is 31.6 Å². The maximum Gasteiger partial charge on any atom is 0.506 e. The maximum absolute atomic E-state index is 10.7. The molecule has 2 unspecified atom stereocenters. The van der Waals surface area contributed by atoms with E-state index in [-0.39, 0.29) is 12.2 Å². The molecule has 0 aliphatic carbocycles. The van der Waals surface area contributed by atoms with Crippen molar-refractivity contribution in [1.29, 1.82) is 0 Å². The van der Waals surface area contributed by atoms with Crippen molar-refractivity contribution in [3.8, 4) is 11.5 Å². The van der Waals surface area contributed by atoms with Crippen molar-refractivity contribution >= 4 is 6.16 Å². The lowest BCUT2D eigenvalue weighted by atomic mass is 10.0. The molecule has 0 radical (unpaired) electrons. The number of hydrogen-bond donors (Lipinski definition) is 1. The Labute approximate surface area is 158 Å². The molecular formula is C21H23NO5. The Morgan fingerprint density at radius 1 is 1.15 bits per heavy atom. The number of rotatable bonds is 4. The first-order valence-electron chi connectivity index (χ1n) is 9.26. The van der Waals surface area contributed by atoms with Gasteiger partial charge in [-0.2, -0.15) is 0 Å². The van der Waals surface area contributed by atoms with Crippen molar-refractivity contribution in [2.75, 3.05) is 19.7 Å². The van der Waals surface area contributed by atoms with E-state index in [1.807, 2.05) is 24.3 Å². The molecular weight excluding hydrogens is 346 g/mol. The summed E-state index contributed by atoms with van der Waals surface area (Å²) >= 11 is 0. The van der Waals surface area contributed by atoms with Gasteiger partial charge in [-0.25, -0.2) is 4.79 Å². The minimum Gasteiger partial charge on any atom is -0.485 e. The average Bonchev–Trinajstić information content (AvgIpc) is 2.68. The van der Waals surface area contributed by atoms with E-state index in [0.717, 1.165) is 43.0 Å². The molecule has 1 saturated heterocycles. The van der Waals surface area contributed by atoms with Gasteiger partial charge in [0.25, 0.3) is 0 Å². The minimum absolute atomic E-state index is 0.114. The number of para-hydroxylation sites is 2. The monoisotopic (exact) mass is 369 g/mol. The van der Waals surface area contributed by atoms with Crippen molar-refractivity contribution in [2.24, 2.45) is 0 Å². The quantitative estimate of drug-likeness (QED) is 0.826. The number of piperidine rings is 1. The number of hydrogen-bond acceptors (Lipinski definition) is 5. The van der Waals surface area contributed by atoms with E-state index in [0.29, 0.717) is 13.2 Å². The minimum atomic E-state index is -1.19. The molecule has 6 heteroatoms. The molecule has 2 heterocycles. The zero-order valence-electron chi connectivity index (χ0n) is 15.0. The Morgan fingerprint density at radius 2 is 1.93 bits per heavy atom. The summed E-state index contributed by atoms with van der Waals surface area (Å²) in [6.45, 7) is 2.88. The number of likely N-dealkylation sites (tertiary alicyclic amines) is 1. The van der Waals surface area contributed by atoms with Crippen LogP contribution in [-0.2, 0) is 11.3 Å². The Kier molecular flexibility index (Phi) is 5.16. The van der Waals surface area contributed by atoms with Gasteiger partial charge in [-0.1, -0.05) is 36.4 Å². The molecule has 2 aromatic rings. The Morgan fingerprint density at radius 3 is 2.70 bits per heavy atom. The summed E-state index contributed by atoms with van der Waals surface area (Å²) in [4.78, 5) is 13.0. The van der Waals surface area contributed by atoms with Gasteiger partial charge in [0.1, 0.15) is 12.7 Å². The first-order chi connectivity index (χ1) is 13.2. The fourth-order valence-electron chi connectivity index (χ4n) is 3.68. The third kappa shape index (κ3) is 4.34. The lowest BCUT2D eigenvalue weighted by molar-refractivity contribution is 0.0117. The third-order valence-electron chi connectivity index (χ3n) is 5.00. The SMILES string of the molecule is O=C(O)OC1CCCN(Cc2ccc(C3COc4ccccc4O3)cc2)C1. The van der Waals surface area contributed by atoms with Crippen molar-refractivity contribution < 1.29 is 24.1 Å². The van der Waals surface area contributed by atoms with Gasteiger partial charge in [0.2, 0.25) is 0 Å². The summed E-state index contributed by atoms with van der Waals surface area (Å²) < 4.78 is 16.8. The smallest absolute Gasteiger partial charge is 0.485 e. The summed E-state index contributed by atoms with van der Waals surface area (Å²) in [5.41, 5.74) is 2.27. The molecule has 2 aromatic carbocycles. The fourth-order valence-corrected chi connectivity index (χ4v) is 3.68. The topological polar surface area (TPSA) is 68.2 Å². The Balaban J connectivity index is 1.36. The first-order valence-corrected chi connectivity index (χ1v) is 9.26. The summed E-state index contributed by atoms with van der Waals surface area (Å²) in [6, 6.07) is 16.1. The highest BCUT2D eigenvalue weighted by Crippen LogP contribution is 2.35. The Bertz CT molecular complexity index is 791. The zero-order valence-corrected chi connectivity index (χ0v) is 15.0. The molecule has 6 nitrogen and oxygen atoms in total. The van der Waals surface area contributed by atoms with Crippen LogP contribution in [-0.4, -0.2) is 42.0 Å². The second kappa shape index (κ2) is 7.88. The molecule has 2 aliphatic rings. The number of carbonyl (C=O) groups is 1. The van der Waals surface area contributed by atoms with Crippen molar-refractivity contribution in [1.82, 2.24) is 4.90 Å². The van der Waals surface area contributed by atoms with Gasteiger partial charge in [-0.15, -0.1) is 0 Å². The van der Waals surface area contributed by atoms with Gasteiger partial charge in [-0.05, 0) is 42.6 Å². The molecule has 1 N–H and O–H groups in total. The molecule has 0 saturated carbocycles. The van der Waals surface area contributed by atoms with E-state index in [4.69, 9.17) is 19.3 Å². The Hall–Kier alpha value is -2.73. The molecule has 1 fully saturated rings. The van der Waals surface area contributed by atoms with Gasteiger partial charge in [0.05, 0.1) is 0 Å². The van der Waals surface area contributed by atoms with Gasteiger partial charge in [0, 0.05) is 13.1 Å². The van der Waals surface area contributed by atoms with E-state index in [1.54, 1.807) is 0 Å². The normalized spacial score (nSPS) is 22.2.